The first-order valence-corrected chi connectivity index (χ1v) is 6.32. The van der Waals surface area contributed by atoms with Crippen LogP contribution < -0.4 is 10.6 Å². The van der Waals surface area contributed by atoms with Crippen molar-refractivity contribution in [3.05, 3.63) is 0 Å². The van der Waals surface area contributed by atoms with Crippen molar-refractivity contribution in [1.82, 2.24) is 10.6 Å². The third-order valence-corrected chi connectivity index (χ3v) is 2.87. The molecule has 2 N–H and O–H groups in total. The molecule has 1 aliphatic rings. The van der Waals surface area contributed by atoms with Gasteiger partial charge in [0.2, 0.25) is 0 Å². The Morgan fingerprint density at radius 1 is 1.29 bits per heavy atom. The molecular weight excluding hydrogens is 216 g/mol. The first kappa shape index (κ1) is 14.3. The second-order valence-electron chi connectivity index (χ2n) is 6.84. The van der Waals surface area contributed by atoms with E-state index in [-0.39, 0.29) is 17.6 Å². The summed E-state index contributed by atoms with van der Waals surface area (Å²) >= 11 is 0. The number of rotatable bonds is 2. The summed E-state index contributed by atoms with van der Waals surface area (Å²) in [7, 11) is 0. The molecule has 1 fully saturated rings. The number of carbonyl (C=O) groups excluding carboxylic acids is 1. The second-order valence-corrected chi connectivity index (χ2v) is 6.84. The maximum Gasteiger partial charge on any atom is 0.407 e. The third-order valence-electron chi connectivity index (χ3n) is 2.87. The van der Waals surface area contributed by atoms with Gasteiger partial charge in [-0.2, -0.15) is 0 Å². The molecule has 2 atom stereocenters. The lowest BCUT2D eigenvalue weighted by Crippen LogP contribution is -2.62. The minimum atomic E-state index is -0.445. The molecule has 1 rings (SSSR count). The van der Waals surface area contributed by atoms with E-state index in [0.717, 1.165) is 13.0 Å². The summed E-state index contributed by atoms with van der Waals surface area (Å²) in [6.07, 6.45) is 0.781. The van der Waals surface area contributed by atoms with Crippen molar-refractivity contribution in [3.63, 3.8) is 0 Å². The Balaban J connectivity index is 2.57. The quantitative estimate of drug-likeness (QED) is 0.781. The Bertz CT molecular complexity index is 272. The fourth-order valence-corrected chi connectivity index (χ4v) is 1.95. The van der Waals surface area contributed by atoms with Crippen LogP contribution in [0.5, 0.6) is 0 Å². The van der Waals surface area contributed by atoms with Gasteiger partial charge in [-0.25, -0.2) is 4.79 Å². The van der Waals surface area contributed by atoms with Gasteiger partial charge >= 0.3 is 6.09 Å². The Hall–Kier alpha value is -0.770. The Morgan fingerprint density at radius 3 is 2.12 bits per heavy atom. The molecule has 100 valence electrons. The average molecular weight is 242 g/mol. The molecule has 0 bridgehead atoms. The highest BCUT2D eigenvalue weighted by Crippen LogP contribution is 2.26. The van der Waals surface area contributed by atoms with Crippen LogP contribution in [0.2, 0.25) is 0 Å². The van der Waals surface area contributed by atoms with Crippen molar-refractivity contribution in [2.75, 3.05) is 6.54 Å². The van der Waals surface area contributed by atoms with Gasteiger partial charge in [0.1, 0.15) is 5.60 Å². The SMILES string of the molecule is CC(C)(C)OC(=O)NC(C1CCN1)C(C)(C)C. The van der Waals surface area contributed by atoms with Gasteiger partial charge in [-0.1, -0.05) is 20.8 Å². The predicted octanol–water partition coefficient (Wildman–Crippen LogP) is 2.29. The number of nitrogens with one attached hydrogen (secondary N) is 2. The van der Waals surface area contributed by atoms with Crippen molar-refractivity contribution >= 4 is 6.09 Å². The van der Waals surface area contributed by atoms with Crippen LogP contribution in [0.3, 0.4) is 0 Å². The fourth-order valence-electron chi connectivity index (χ4n) is 1.95. The van der Waals surface area contributed by atoms with E-state index in [2.05, 4.69) is 31.4 Å². The minimum Gasteiger partial charge on any atom is -0.444 e. The van der Waals surface area contributed by atoms with Crippen LogP contribution >= 0.6 is 0 Å². The Kier molecular flexibility index (Phi) is 4.07. The number of hydrogen-bond donors (Lipinski definition) is 2. The molecule has 0 aromatic rings. The van der Waals surface area contributed by atoms with Gasteiger partial charge in [0.15, 0.2) is 0 Å². The van der Waals surface area contributed by atoms with Crippen LogP contribution in [0.25, 0.3) is 0 Å². The minimum absolute atomic E-state index is 0.0228. The van der Waals surface area contributed by atoms with Crippen LogP contribution in [-0.2, 0) is 4.74 Å². The number of hydrogen-bond acceptors (Lipinski definition) is 3. The van der Waals surface area contributed by atoms with Crippen LogP contribution in [0.15, 0.2) is 0 Å². The molecule has 2 unspecified atom stereocenters. The van der Waals surface area contributed by atoms with E-state index >= 15 is 0 Å². The molecule has 0 aromatic carbocycles. The van der Waals surface area contributed by atoms with E-state index in [1.54, 1.807) is 0 Å². The highest BCUT2D eigenvalue weighted by atomic mass is 16.6. The molecule has 0 spiro atoms. The summed E-state index contributed by atoms with van der Waals surface area (Å²) < 4.78 is 5.30. The van der Waals surface area contributed by atoms with E-state index in [1.807, 2.05) is 20.8 Å². The lowest BCUT2D eigenvalue weighted by atomic mass is 9.79. The summed E-state index contributed by atoms with van der Waals surface area (Å²) in [4.78, 5) is 11.8. The predicted molar refractivity (Wildman–Crippen MR) is 69.0 cm³/mol. The smallest absolute Gasteiger partial charge is 0.407 e. The van der Waals surface area contributed by atoms with Crippen molar-refractivity contribution in [1.29, 1.82) is 0 Å². The molecular formula is C13H26N2O2. The first-order valence-electron chi connectivity index (χ1n) is 6.32. The maximum absolute atomic E-state index is 11.8. The Morgan fingerprint density at radius 2 is 1.82 bits per heavy atom. The molecule has 1 heterocycles. The zero-order valence-electron chi connectivity index (χ0n) is 11.9. The fraction of sp³-hybridized carbons (Fsp3) is 0.923. The maximum atomic E-state index is 11.8. The molecule has 17 heavy (non-hydrogen) atoms. The molecule has 4 heteroatoms. The zero-order valence-corrected chi connectivity index (χ0v) is 11.9. The molecule has 1 aliphatic heterocycles. The molecule has 0 saturated carbocycles. The van der Waals surface area contributed by atoms with Gasteiger partial charge in [-0.05, 0) is 39.2 Å². The summed E-state index contributed by atoms with van der Waals surface area (Å²) in [6.45, 7) is 13.1. The zero-order chi connectivity index (χ0) is 13.3. The first-order chi connectivity index (χ1) is 7.59. The van der Waals surface area contributed by atoms with Crippen LogP contribution in [-0.4, -0.2) is 30.3 Å². The van der Waals surface area contributed by atoms with E-state index in [9.17, 15) is 4.79 Å². The van der Waals surface area contributed by atoms with Gasteiger partial charge in [-0.15, -0.1) is 0 Å². The van der Waals surface area contributed by atoms with Gasteiger partial charge in [-0.3, -0.25) is 0 Å². The second kappa shape index (κ2) is 4.84. The van der Waals surface area contributed by atoms with Crippen LogP contribution in [0.1, 0.15) is 48.0 Å². The average Bonchev–Trinajstić information content (AvgIpc) is 1.93. The van der Waals surface area contributed by atoms with E-state index in [1.165, 1.54) is 0 Å². The lowest BCUT2D eigenvalue weighted by molar-refractivity contribution is 0.0416. The van der Waals surface area contributed by atoms with Crippen molar-refractivity contribution in [2.45, 2.75) is 65.6 Å². The highest BCUT2D eigenvalue weighted by molar-refractivity contribution is 5.68. The summed E-state index contributed by atoms with van der Waals surface area (Å²) in [6, 6.07) is 0.466. The number of carbonyl (C=O) groups is 1. The number of ether oxygens (including phenoxy) is 1. The molecule has 1 amide bonds. The van der Waals surface area contributed by atoms with Gasteiger partial charge in [0.25, 0.3) is 0 Å². The monoisotopic (exact) mass is 242 g/mol. The number of amides is 1. The van der Waals surface area contributed by atoms with E-state index in [0.29, 0.717) is 6.04 Å². The summed E-state index contributed by atoms with van der Waals surface area (Å²) in [5.41, 5.74) is -0.422. The van der Waals surface area contributed by atoms with Crippen molar-refractivity contribution in [3.8, 4) is 0 Å². The van der Waals surface area contributed by atoms with E-state index in [4.69, 9.17) is 4.74 Å². The molecule has 0 aliphatic carbocycles. The normalized spacial score (nSPS) is 22.6. The summed E-state index contributed by atoms with van der Waals surface area (Å²) in [5, 5.41) is 6.34. The largest absolute Gasteiger partial charge is 0.444 e. The highest BCUT2D eigenvalue weighted by Gasteiger charge is 2.37. The van der Waals surface area contributed by atoms with Gasteiger partial charge in [0.05, 0.1) is 6.04 Å². The van der Waals surface area contributed by atoms with Crippen LogP contribution in [0, 0.1) is 5.41 Å². The summed E-state index contributed by atoms with van der Waals surface area (Å²) in [5.74, 6) is 0. The third kappa shape index (κ3) is 4.54. The van der Waals surface area contributed by atoms with Gasteiger partial charge in [0, 0.05) is 6.04 Å². The molecule has 4 nitrogen and oxygen atoms in total. The van der Waals surface area contributed by atoms with Crippen LogP contribution in [0.4, 0.5) is 4.79 Å². The van der Waals surface area contributed by atoms with E-state index < -0.39 is 5.60 Å². The molecule has 0 radical (unpaired) electrons. The van der Waals surface area contributed by atoms with Gasteiger partial charge < -0.3 is 15.4 Å². The molecule has 1 saturated heterocycles. The topological polar surface area (TPSA) is 50.4 Å². The number of alkyl carbamates (subject to hydrolysis) is 1. The standard InChI is InChI=1S/C13H26N2O2/c1-12(2,3)10(9-7-8-14-9)15-11(16)17-13(4,5)6/h9-10,14H,7-8H2,1-6H3,(H,15,16). The Labute approximate surface area is 104 Å². The van der Waals surface area contributed by atoms with Crippen molar-refractivity contribution < 1.29 is 9.53 Å². The van der Waals surface area contributed by atoms with Crippen molar-refractivity contribution in [2.24, 2.45) is 5.41 Å². The lowest BCUT2D eigenvalue weighted by Gasteiger charge is -2.42. The molecule has 0 aromatic heterocycles.